The summed E-state index contributed by atoms with van der Waals surface area (Å²) in [5, 5.41) is 9.23. The van der Waals surface area contributed by atoms with E-state index in [0.717, 1.165) is 13.0 Å². The van der Waals surface area contributed by atoms with Crippen molar-refractivity contribution in [1.82, 2.24) is 4.90 Å². The highest BCUT2D eigenvalue weighted by molar-refractivity contribution is 5.18. The Kier molecular flexibility index (Phi) is 4.79. The molecule has 0 aliphatic heterocycles. The Morgan fingerprint density at radius 3 is 2.33 bits per heavy atom. The fourth-order valence-corrected chi connectivity index (χ4v) is 1.57. The molecule has 1 aromatic rings. The van der Waals surface area contributed by atoms with Gasteiger partial charge >= 0.3 is 0 Å². The Morgan fingerprint density at radius 1 is 1.20 bits per heavy atom. The van der Waals surface area contributed by atoms with E-state index in [9.17, 15) is 5.11 Å². The summed E-state index contributed by atoms with van der Waals surface area (Å²) in [5.41, 5.74) is 1.32. The fourth-order valence-electron chi connectivity index (χ4n) is 1.57. The molecule has 0 aliphatic carbocycles. The van der Waals surface area contributed by atoms with Gasteiger partial charge in [0.1, 0.15) is 0 Å². The lowest BCUT2D eigenvalue weighted by Gasteiger charge is -2.25. The molecule has 2 nitrogen and oxygen atoms in total. The monoisotopic (exact) mass is 207 g/mol. The SMILES string of the molecule is CC(O)CCN(C)C(C)c1ccccc1. The predicted molar refractivity (Wildman–Crippen MR) is 63.8 cm³/mol. The first-order chi connectivity index (χ1) is 7.11. The Hall–Kier alpha value is -0.860. The smallest absolute Gasteiger partial charge is 0.0524 e. The minimum Gasteiger partial charge on any atom is -0.393 e. The minimum absolute atomic E-state index is 0.213. The van der Waals surface area contributed by atoms with Gasteiger partial charge in [0.15, 0.2) is 0 Å². The summed E-state index contributed by atoms with van der Waals surface area (Å²) in [6, 6.07) is 10.9. The highest BCUT2D eigenvalue weighted by atomic mass is 16.3. The van der Waals surface area contributed by atoms with E-state index in [1.54, 1.807) is 0 Å². The molecule has 0 saturated heterocycles. The number of aliphatic hydroxyl groups is 1. The van der Waals surface area contributed by atoms with E-state index in [2.05, 4.69) is 43.1 Å². The highest BCUT2D eigenvalue weighted by Crippen LogP contribution is 2.18. The highest BCUT2D eigenvalue weighted by Gasteiger charge is 2.11. The molecule has 84 valence electrons. The topological polar surface area (TPSA) is 23.5 Å². The van der Waals surface area contributed by atoms with Gasteiger partial charge in [0, 0.05) is 12.6 Å². The lowest BCUT2D eigenvalue weighted by atomic mass is 10.1. The van der Waals surface area contributed by atoms with Gasteiger partial charge in [-0.3, -0.25) is 4.90 Å². The van der Waals surface area contributed by atoms with E-state index in [1.165, 1.54) is 5.56 Å². The second-order valence-corrected chi connectivity index (χ2v) is 4.20. The van der Waals surface area contributed by atoms with E-state index >= 15 is 0 Å². The summed E-state index contributed by atoms with van der Waals surface area (Å²) in [5.74, 6) is 0. The molecule has 15 heavy (non-hydrogen) atoms. The first kappa shape index (κ1) is 12.2. The summed E-state index contributed by atoms with van der Waals surface area (Å²) >= 11 is 0. The van der Waals surface area contributed by atoms with Crippen molar-refractivity contribution in [2.24, 2.45) is 0 Å². The van der Waals surface area contributed by atoms with Gasteiger partial charge in [-0.1, -0.05) is 30.3 Å². The zero-order valence-electron chi connectivity index (χ0n) is 9.85. The number of aliphatic hydroxyl groups excluding tert-OH is 1. The molecule has 2 unspecified atom stereocenters. The van der Waals surface area contributed by atoms with Crippen molar-refractivity contribution in [3.05, 3.63) is 35.9 Å². The van der Waals surface area contributed by atoms with Crippen LogP contribution >= 0.6 is 0 Å². The van der Waals surface area contributed by atoms with Gasteiger partial charge < -0.3 is 5.11 Å². The molecular weight excluding hydrogens is 186 g/mol. The van der Waals surface area contributed by atoms with Crippen molar-refractivity contribution in [2.45, 2.75) is 32.4 Å². The molecule has 0 spiro atoms. The van der Waals surface area contributed by atoms with Crippen LogP contribution in [0.15, 0.2) is 30.3 Å². The summed E-state index contributed by atoms with van der Waals surface area (Å²) in [7, 11) is 2.10. The third-order valence-electron chi connectivity index (χ3n) is 2.84. The number of hydrogen-bond acceptors (Lipinski definition) is 2. The largest absolute Gasteiger partial charge is 0.393 e. The first-order valence-corrected chi connectivity index (χ1v) is 5.54. The number of benzene rings is 1. The van der Waals surface area contributed by atoms with E-state index in [0.29, 0.717) is 6.04 Å². The van der Waals surface area contributed by atoms with Crippen LogP contribution in [-0.4, -0.2) is 29.7 Å². The average Bonchev–Trinajstić information content (AvgIpc) is 2.26. The van der Waals surface area contributed by atoms with Gasteiger partial charge in [-0.2, -0.15) is 0 Å². The quantitative estimate of drug-likeness (QED) is 0.801. The molecule has 2 atom stereocenters. The molecule has 0 amide bonds. The van der Waals surface area contributed by atoms with Gasteiger partial charge in [0.25, 0.3) is 0 Å². The molecule has 1 aromatic carbocycles. The van der Waals surface area contributed by atoms with Crippen molar-refractivity contribution < 1.29 is 5.11 Å². The van der Waals surface area contributed by atoms with Gasteiger partial charge in [-0.15, -0.1) is 0 Å². The third kappa shape index (κ3) is 4.02. The summed E-state index contributed by atoms with van der Waals surface area (Å²) in [4.78, 5) is 2.27. The molecule has 0 fully saturated rings. The average molecular weight is 207 g/mol. The minimum atomic E-state index is -0.213. The van der Waals surface area contributed by atoms with Crippen LogP contribution in [0.5, 0.6) is 0 Å². The molecule has 0 bridgehead atoms. The molecule has 0 aliphatic rings. The predicted octanol–water partition coefficient (Wildman–Crippen LogP) is 2.45. The lowest BCUT2D eigenvalue weighted by molar-refractivity contribution is 0.153. The van der Waals surface area contributed by atoms with Gasteiger partial charge in [-0.05, 0) is 32.9 Å². The summed E-state index contributed by atoms with van der Waals surface area (Å²) in [6.07, 6.45) is 0.614. The van der Waals surface area contributed by atoms with Crippen LogP contribution in [-0.2, 0) is 0 Å². The van der Waals surface area contributed by atoms with E-state index in [-0.39, 0.29) is 6.10 Å². The molecule has 0 heterocycles. The summed E-state index contributed by atoms with van der Waals surface area (Å²) in [6.45, 7) is 4.95. The van der Waals surface area contributed by atoms with Crippen LogP contribution in [0.3, 0.4) is 0 Å². The maximum Gasteiger partial charge on any atom is 0.0524 e. The van der Waals surface area contributed by atoms with Crippen LogP contribution in [0.1, 0.15) is 31.9 Å². The molecule has 2 heteroatoms. The molecule has 0 aromatic heterocycles. The normalized spacial score (nSPS) is 15.3. The molecule has 1 rings (SSSR count). The van der Waals surface area contributed by atoms with E-state index < -0.39 is 0 Å². The third-order valence-corrected chi connectivity index (χ3v) is 2.84. The van der Waals surface area contributed by atoms with Gasteiger partial charge in [-0.25, -0.2) is 0 Å². The van der Waals surface area contributed by atoms with Crippen LogP contribution < -0.4 is 0 Å². The van der Waals surface area contributed by atoms with E-state index in [4.69, 9.17) is 0 Å². The second kappa shape index (κ2) is 5.89. The number of rotatable bonds is 5. The Bertz CT molecular complexity index is 271. The van der Waals surface area contributed by atoms with Gasteiger partial charge in [0.05, 0.1) is 6.10 Å². The van der Waals surface area contributed by atoms with E-state index in [1.807, 2.05) is 13.0 Å². The van der Waals surface area contributed by atoms with Crippen molar-refractivity contribution in [3.8, 4) is 0 Å². The standard InChI is InChI=1S/C13H21NO/c1-11(15)9-10-14(3)12(2)13-7-5-4-6-8-13/h4-8,11-12,15H,9-10H2,1-3H3. The zero-order valence-corrected chi connectivity index (χ0v) is 9.85. The van der Waals surface area contributed by atoms with Crippen molar-refractivity contribution >= 4 is 0 Å². The Balaban J connectivity index is 2.49. The second-order valence-electron chi connectivity index (χ2n) is 4.20. The maximum atomic E-state index is 9.23. The van der Waals surface area contributed by atoms with Crippen molar-refractivity contribution in [1.29, 1.82) is 0 Å². The maximum absolute atomic E-state index is 9.23. The van der Waals surface area contributed by atoms with Crippen LogP contribution in [0.4, 0.5) is 0 Å². The van der Waals surface area contributed by atoms with Crippen LogP contribution in [0, 0.1) is 0 Å². The van der Waals surface area contributed by atoms with Crippen LogP contribution in [0.2, 0.25) is 0 Å². The molecule has 0 radical (unpaired) electrons. The first-order valence-electron chi connectivity index (χ1n) is 5.54. The van der Waals surface area contributed by atoms with Crippen LogP contribution in [0.25, 0.3) is 0 Å². The van der Waals surface area contributed by atoms with Crippen molar-refractivity contribution in [3.63, 3.8) is 0 Å². The molecular formula is C13H21NO. The number of hydrogen-bond donors (Lipinski definition) is 1. The number of nitrogens with zero attached hydrogens (tertiary/aromatic N) is 1. The van der Waals surface area contributed by atoms with Gasteiger partial charge in [0.2, 0.25) is 0 Å². The Morgan fingerprint density at radius 2 is 1.80 bits per heavy atom. The Labute approximate surface area is 92.5 Å². The molecule has 1 N–H and O–H groups in total. The summed E-state index contributed by atoms with van der Waals surface area (Å²) < 4.78 is 0. The fraction of sp³-hybridized carbons (Fsp3) is 0.538. The molecule has 0 saturated carbocycles. The lowest BCUT2D eigenvalue weighted by Crippen LogP contribution is -2.25. The zero-order chi connectivity index (χ0) is 11.3. The van der Waals surface area contributed by atoms with Crippen molar-refractivity contribution in [2.75, 3.05) is 13.6 Å².